The highest BCUT2D eigenvalue weighted by Crippen LogP contribution is 2.29. The van der Waals surface area contributed by atoms with Crippen LogP contribution in [0.25, 0.3) is 11.3 Å². The summed E-state index contributed by atoms with van der Waals surface area (Å²) in [5, 5.41) is 8.37. The van der Waals surface area contributed by atoms with Crippen LogP contribution in [0.15, 0.2) is 90.3 Å². The number of nitrogens with zero attached hydrogens (tertiary/aromatic N) is 1. The molecule has 0 fully saturated rings. The number of carbonyl (C=O) groups is 2. The lowest BCUT2D eigenvalue weighted by Crippen LogP contribution is -2.23. The highest BCUT2D eigenvalue weighted by molar-refractivity contribution is 7.14. The van der Waals surface area contributed by atoms with Gasteiger partial charge in [-0.15, -0.1) is 11.3 Å². The van der Waals surface area contributed by atoms with Crippen LogP contribution in [-0.4, -0.2) is 16.8 Å². The molecule has 0 spiro atoms. The van der Waals surface area contributed by atoms with E-state index < -0.39 is 5.92 Å². The minimum atomic E-state index is -0.422. The van der Waals surface area contributed by atoms with E-state index in [1.165, 1.54) is 18.3 Å². The Kier molecular flexibility index (Phi) is 6.95. The highest BCUT2D eigenvalue weighted by Gasteiger charge is 2.23. The van der Waals surface area contributed by atoms with E-state index in [9.17, 15) is 9.59 Å². The number of benzene rings is 3. The molecule has 0 saturated carbocycles. The summed E-state index contributed by atoms with van der Waals surface area (Å²) < 4.78 is 0. The van der Waals surface area contributed by atoms with Crippen molar-refractivity contribution in [2.24, 2.45) is 0 Å². The molecule has 1 heterocycles. The van der Waals surface area contributed by atoms with E-state index in [4.69, 9.17) is 0 Å². The summed E-state index contributed by atoms with van der Waals surface area (Å²) in [5.74, 6) is -0.599. The molecule has 4 aromatic rings. The van der Waals surface area contributed by atoms with Crippen LogP contribution in [0.4, 0.5) is 5.13 Å². The van der Waals surface area contributed by atoms with Crippen molar-refractivity contribution in [1.82, 2.24) is 10.3 Å². The Hall–Kier alpha value is -3.77. The van der Waals surface area contributed by atoms with Crippen LogP contribution in [-0.2, 0) is 9.59 Å². The number of aromatic nitrogens is 1. The first kappa shape index (κ1) is 22.4. The van der Waals surface area contributed by atoms with E-state index >= 15 is 0 Å². The van der Waals surface area contributed by atoms with Crippen molar-refractivity contribution >= 4 is 28.3 Å². The first-order valence-corrected chi connectivity index (χ1v) is 11.6. The van der Waals surface area contributed by atoms with E-state index in [-0.39, 0.29) is 17.9 Å². The number of rotatable bonds is 7. The van der Waals surface area contributed by atoms with E-state index in [2.05, 4.69) is 15.6 Å². The van der Waals surface area contributed by atoms with Crippen molar-refractivity contribution < 1.29 is 9.59 Å². The molecule has 0 aliphatic rings. The van der Waals surface area contributed by atoms with E-state index in [0.717, 1.165) is 27.9 Å². The van der Waals surface area contributed by atoms with E-state index in [1.54, 1.807) is 0 Å². The average Bonchev–Trinajstić information content (AvgIpc) is 3.29. The van der Waals surface area contributed by atoms with Crippen LogP contribution >= 0.6 is 11.3 Å². The first-order valence-electron chi connectivity index (χ1n) is 10.7. The molecule has 1 unspecified atom stereocenters. The summed E-state index contributed by atoms with van der Waals surface area (Å²) in [6, 6.07) is 27.4. The second-order valence-corrected chi connectivity index (χ2v) is 8.68. The first-order chi connectivity index (χ1) is 16.0. The molecule has 1 aromatic heterocycles. The fraction of sp³-hybridized carbons (Fsp3) is 0.148. The number of nitrogens with one attached hydrogen (secondary N) is 2. The lowest BCUT2D eigenvalue weighted by atomic mass is 9.90. The van der Waals surface area contributed by atoms with Gasteiger partial charge >= 0.3 is 0 Å². The second-order valence-electron chi connectivity index (χ2n) is 7.83. The fourth-order valence-electron chi connectivity index (χ4n) is 3.76. The van der Waals surface area contributed by atoms with Gasteiger partial charge in [0.1, 0.15) is 0 Å². The van der Waals surface area contributed by atoms with Gasteiger partial charge in [-0.1, -0.05) is 84.9 Å². The van der Waals surface area contributed by atoms with Crippen LogP contribution in [0, 0.1) is 0 Å². The quantitative estimate of drug-likeness (QED) is 0.371. The number of anilines is 1. The Morgan fingerprint density at radius 3 is 1.94 bits per heavy atom. The van der Waals surface area contributed by atoms with Gasteiger partial charge < -0.3 is 10.6 Å². The number of hydrogen-bond acceptors (Lipinski definition) is 4. The van der Waals surface area contributed by atoms with Gasteiger partial charge in [-0.25, -0.2) is 4.98 Å². The monoisotopic (exact) mass is 455 g/mol. The van der Waals surface area contributed by atoms with Gasteiger partial charge in [0, 0.05) is 17.9 Å². The molecule has 1 atom stereocenters. The molecular weight excluding hydrogens is 430 g/mol. The van der Waals surface area contributed by atoms with Gasteiger partial charge in [0.25, 0.3) is 0 Å². The molecule has 0 radical (unpaired) electrons. The summed E-state index contributed by atoms with van der Waals surface area (Å²) in [4.78, 5) is 29.2. The van der Waals surface area contributed by atoms with Gasteiger partial charge in [-0.3, -0.25) is 9.59 Å². The molecule has 6 heteroatoms. The van der Waals surface area contributed by atoms with Crippen LogP contribution < -0.4 is 10.6 Å². The summed E-state index contributed by atoms with van der Waals surface area (Å²) in [6.07, 6.45) is 0. The molecule has 4 rings (SSSR count). The van der Waals surface area contributed by atoms with Crippen molar-refractivity contribution in [2.45, 2.75) is 25.8 Å². The van der Waals surface area contributed by atoms with Crippen molar-refractivity contribution in [1.29, 1.82) is 0 Å². The zero-order valence-electron chi connectivity index (χ0n) is 18.5. The molecule has 0 saturated heterocycles. The molecule has 0 bridgehead atoms. The highest BCUT2D eigenvalue weighted by atomic mass is 32.1. The number of amides is 2. The van der Waals surface area contributed by atoms with Crippen molar-refractivity contribution in [3.8, 4) is 11.3 Å². The fourth-order valence-corrected chi connectivity index (χ4v) is 4.48. The smallest absolute Gasteiger partial charge is 0.238 e. The third kappa shape index (κ3) is 5.54. The Balaban J connectivity index is 1.51. The zero-order chi connectivity index (χ0) is 23.2. The predicted octanol–water partition coefficient (Wildman–Crippen LogP) is 5.78. The minimum absolute atomic E-state index is 0.0595. The van der Waals surface area contributed by atoms with Gasteiger partial charge in [0.05, 0.1) is 17.7 Å². The lowest BCUT2D eigenvalue weighted by molar-refractivity contribution is -0.119. The number of thiazole rings is 1. The van der Waals surface area contributed by atoms with Gasteiger partial charge in [0.15, 0.2) is 5.13 Å². The lowest BCUT2D eigenvalue weighted by Gasteiger charge is -2.17. The molecule has 0 aliphatic heterocycles. The van der Waals surface area contributed by atoms with Crippen molar-refractivity contribution in [2.75, 3.05) is 5.32 Å². The molecule has 0 aliphatic carbocycles. The molecule has 166 valence electrons. The molecular formula is C27H25N3O2S. The number of carbonyl (C=O) groups excluding carboxylic acids is 2. The van der Waals surface area contributed by atoms with E-state index in [1.807, 2.05) is 97.2 Å². The van der Waals surface area contributed by atoms with Crippen molar-refractivity contribution in [3.63, 3.8) is 0 Å². The Bertz CT molecular complexity index is 1180. The molecule has 2 amide bonds. The number of hydrogen-bond donors (Lipinski definition) is 2. The van der Waals surface area contributed by atoms with Crippen LogP contribution in [0.1, 0.15) is 42.5 Å². The third-order valence-electron chi connectivity index (χ3n) is 5.39. The Morgan fingerprint density at radius 2 is 1.39 bits per heavy atom. The minimum Gasteiger partial charge on any atom is -0.350 e. The van der Waals surface area contributed by atoms with Crippen molar-refractivity contribution in [3.05, 3.63) is 107 Å². The standard InChI is InChI=1S/C27H25N3O2S/c1-18(28-19(2)31)20-13-15-21(16-14-20)24-17-33-27(29-24)30-26(32)25(22-9-5-3-6-10-22)23-11-7-4-8-12-23/h3-18,25H,1-2H3,(H,28,31)(H,29,30,32). The summed E-state index contributed by atoms with van der Waals surface area (Å²) in [7, 11) is 0. The molecule has 3 aromatic carbocycles. The maximum absolute atomic E-state index is 13.3. The SMILES string of the molecule is CC(=O)NC(C)c1ccc(-c2csc(NC(=O)C(c3ccccc3)c3ccccc3)n2)cc1. The van der Waals surface area contributed by atoms with Crippen LogP contribution in [0.5, 0.6) is 0 Å². The Morgan fingerprint density at radius 1 is 0.818 bits per heavy atom. The third-order valence-corrected chi connectivity index (χ3v) is 6.15. The van der Waals surface area contributed by atoms with E-state index in [0.29, 0.717) is 5.13 Å². The molecule has 5 nitrogen and oxygen atoms in total. The summed E-state index contributed by atoms with van der Waals surface area (Å²) in [5.41, 5.74) is 4.63. The second kappa shape index (κ2) is 10.2. The largest absolute Gasteiger partial charge is 0.350 e. The molecule has 2 N–H and O–H groups in total. The van der Waals surface area contributed by atoms with Crippen LogP contribution in [0.3, 0.4) is 0 Å². The van der Waals surface area contributed by atoms with Gasteiger partial charge in [-0.05, 0) is 23.6 Å². The summed E-state index contributed by atoms with van der Waals surface area (Å²) >= 11 is 1.40. The Labute approximate surface area is 197 Å². The van der Waals surface area contributed by atoms with Gasteiger partial charge in [-0.2, -0.15) is 0 Å². The maximum atomic E-state index is 13.3. The maximum Gasteiger partial charge on any atom is 0.238 e. The topological polar surface area (TPSA) is 71.1 Å². The normalized spacial score (nSPS) is 11.7. The van der Waals surface area contributed by atoms with Gasteiger partial charge in [0.2, 0.25) is 11.8 Å². The zero-order valence-corrected chi connectivity index (χ0v) is 19.3. The van der Waals surface area contributed by atoms with Crippen LogP contribution in [0.2, 0.25) is 0 Å². The molecule has 33 heavy (non-hydrogen) atoms. The summed E-state index contributed by atoms with van der Waals surface area (Å²) in [6.45, 7) is 3.46. The predicted molar refractivity (Wildman–Crippen MR) is 133 cm³/mol. The average molecular weight is 456 g/mol.